The summed E-state index contributed by atoms with van der Waals surface area (Å²) in [6.45, 7) is 4.53. The Morgan fingerprint density at radius 3 is 2.47 bits per heavy atom. The summed E-state index contributed by atoms with van der Waals surface area (Å²) in [6, 6.07) is 13.9. The Labute approximate surface area is 196 Å². The molecule has 0 spiro atoms. The number of thiophene rings is 1. The number of benzene rings is 1. The maximum Gasteiger partial charge on any atom is 0.167 e. The van der Waals surface area contributed by atoms with Gasteiger partial charge in [-0.05, 0) is 55.7 Å². The van der Waals surface area contributed by atoms with E-state index in [-0.39, 0.29) is 6.61 Å². The highest BCUT2D eigenvalue weighted by Crippen LogP contribution is 2.32. The molecule has 0 bridgehead atoms. The quantitative estimate of drug-likeness (QED) is 0.214. The van der Waals surface area contributed by atoms with Crippen molar-refractivity contribution in [3.63, 3.8) is 0 Å². The Balaban J connectivity index is 1.45. The average Bonchev–Trinajstić information content (AvgIpc) is 3.49. The van der Waals surface area contributed by atoms with Gasteiger partial charge in [0, 0.05) is 16.5 Å². The second kappa shape index (κ2) is 13.4. The fraction of sp³-hybridized carbons (Fsp3) is 0.519. The van der Waals surface area contributed by atoms with Gasteiger partial charge in [0.2, 0.25) is 0 Å². The summed E-state index contributed by atoms with van der Waals surface area (Å²) < 4.78 is 25.3. The molecular formula is C27H36FNO2S. The number of aryl methyl sites for hydroxylation is 1. The summed E-state index contributed by atoms with van der Waals surface area (Å²) in [4.78, 5) is 2.51. The third-order valence-corrected chi connectivity index (χ3v) is 6.81. The van der Waals surface area contributed by atoms with E-state index in [1.54, 1.807) is 11.3 Å². The summed E-state index contributed by atoms with van der Waals surface area (Å²) in [6.07, 6.45) is 10.2. The van der Waals surface area contributed by atoms with Crippen molar-refractivity contribution in [2.75, 3.05) is 6.61 Å². The minimum absolute atomic E-state index is 0.111. The number of unbranched alkanes of at least 4 members (excludes halogenated alkanes) is 6. The maximum atomic E-state index is 14.1. The molecule has 3 nitrogen and oxygen atoms in total. The first-order chi connectivity index (χ1) is 15.7. The van der Waals surface area contributed by atoms with Gasteiger partial charge in [-0.3, -0.25) is 0 Å². The van der Waals surface area contributed by atoms with E-state index in [1.165, 1.54) is 43.4 Å². The largest absolute Gasteiger partial charge is 0.491 e. The number of alkyl halides is 1. The highest BCUT2D eigenvalue weighted by atomic mass is 32.1. The number of hydrogen-bond donors (Lipinski definition) is 0. The van der Waals surface area contributed by atoms with Crippen molar-refractivity contribution in [1.82, 2.24) is 5.16 Å². The van der Waals surface area contributed by atoms with E-state index in [0.717, 1.165) is 41.2 Å². The van der Waals surface area contributed by atoms with E-state index in [4.69, 9.17) is 9.26 Å². The Morgan fingerprint density at radius 2 is 1.69 bits per heavy atom. The molecule has 174 valence electrons. The SMILES string of the molecule is CCCCCCCC[C@@H](F)COc1ccc(-c2cc(-c3ccc(CCCC)s3)no2)cc1. The van der Waals surface area contributed by atoms with Crippen LogP contribution in [0.25, 0.3) is 21.9 Å². The molecule has 0 unspecified atom stereocenters. The summed E-state index contributed by atoms with van der Waals surface area (Å²) >= 11 is 1.78. The number of nitrogens with zero attached hydrogens (tertiary/aromatic N) is 1. The molecule has 3 rings (SSSR count). The summed E-state index contributed by atoms with van der Waals surface area (Å²) in [7, 11) is 0. The molecule has 0 aliphatic heterocycles. The summed E-state index contributed by atoms with van der Waals surface area (Å²) in [5, 5.41) is 4.24. The zero-order valence-corrected chi connectivity index (χ0v) is 20.3. The minimum atomic E-state index is -0.911. The Morgan fingerprint density at radius 1 is 0.938 bits per heavy atom. The predicted octanol–water partition coefficient (Wildman–Crippen LogP) is 8.88. The predicted molar refractivity (Wildman–Crippen MR) is 132 cm³/mol. The zero-order valence-electron chi connectivity index (χ0n) is 19.4. The van der Waals surface area contributed by atoms with E-state index in [0.29, 0.717) is 12.2 Å². The lowest BCUT2D eigenvalue weighted by Gasteiger charge is -2.10. The molecule has 5 heteroatoms. The van der Waals surface area contributed by atoms with Crippen LogP contribution in [-0.4, -0.2) is 17.9 Å². The molecule has 3 aromatic rings. The van der Waals surface area contributed by atoms with Crippen LogP contribution < -0.4 is 4.74 Å². The average molecular weight is 458 g/mol. The van der Waals surface area contributed by atoms with Crippen molar-refractivity contribution in [3.05, 3.63) is 47.3 Å². The third-order valence-electron chi connectivity index (χ3n) is 5.64. The van der Waals surface area contributed by atoms with Gasteiger partial charge in [-0.2, -0.15) is 0 Å². The third kappa shape index (κ3) is 7.77. The number of halogens is 1. The van der Waals surface area contributed by atoms with E-state index >= 15 is 0 Å². The van der Waals surface area contributed by atoms with E-state index < -0.39 is 6.17 Å². The first-order valence-corrected chi connectivity index (χ1v) is 12.9. The lowest BCUT2D eigenvalue weighted by molar-refractivity contribution is 0.184. The highest BCUT2D eigenvalue weighted by Gasteiger charge is 2.12. The van der Waals surface area contributed by atoms with Gasteiger partial charge in [0.1, 0.15) is 24.2 Å². The van der Waals surface area contributed by atoms with Gasteiger partial charge in [-0.25, -0.2) is 4.39 Å². The van der Waals surface area contributed by atoms with Crippen molar-refractivity contribution >= 4 is 11.3 Å². The van der Waals surface area contributed by atoms with E-state index in [9.17, 15) is 4.39 Å². The highest BCUT2D eigenvalue weighted by molar-refractivity contribution is 7.15. The molecule has 0 fully saturated rings. The van der Waals surface area contributed by atoms with Crippen LogP contribution in [0.2, 0.25) is 0 Å². The van der Waals surface area contributed by atoms with E-state index in [1.807, 2.05) is 30.3 Å². The van der Waals surface area contributed by atoms with Crippen molar-refractivity contribution in [2.45, 2.75) is 84.2 Å². The molecule has 0 aliphatic carbocycles. The lowest BCUT2D eigenvalue weighted by Crippen LogP contribution is -2.12. The molecule has 0 amide bonds. The minimum Gasteiger partial charge on any atom is -0.491 e. The van der Waals surface area contributed by atoms with E-state index in [2.05, 4.69) is 31.1 Å². The normalized spacial score (nSPS) is 12.2. The molecule has 0 N–H and O–H groups in total. The van der Waals surface area contributed by atoms with Gasteiger partial charge >= 0.3 is 0 Å². The van der Waals surface area contributed by atoms with Crippen molar-refractivity contribution in [2.24, 2.45) is 0 Å². The molecule has 0 aliphatic rings. The van der Waals surface area contributed by atoms with Crippen molar-refractivity contribution in [3.8, 4) is 27.6 Å². The van der Waals surface area contributed by atoms with Crippen LogP contribution in [-0.2, 0) is 6.42 Å². The molecular weight excluding hydrogens is 421 g/mol. The molecule has 1 aromatic carbocycles. The standard InChI is InChI=1S/C27H36FNO2S/c1-3-5-7-8-9-10-11-22(28)20-30-23-15-13-21(14-16-23)26-19-25(29-31-26)27-18-17-24(32-27)12-6-4-2/h13-19,22H,3-12,20H2,1-2H3/t22-/m1/s1. The van der Waals surface area contributed by atoms with Gasteiger partial charge in [0.15, 0.2) is 5.76 Å². The molecule has 2 heterocycles. The second-order valence-corrected chi connectivity index (χ2v) is 9.60. The molecule has 1 atom stereocenters. The Bertz CT molecular complexity index is 903. The zero-order chi connectivity index (χ0) is 22.6. The van der Waals surface area contributed by atoms with Gasteiger partial charge in [-0.15, -0.1) is 11.3 Å². The van der Waals surface area contributed by atoms with Gasteiger partial charge in [0.25, 0.3) is 0 Å². The van der Waals surface area contributed by atoms with Crippen LogP contribution in [0.1, 0.15) is 76.5 Å². The monoisotopic (exact) mass is 457 g/mol. The molecule has 2 aromatic heterocycles. The van der Waals surface area contributed by atoms with Crippen LogP contribution in [0.4, 0.5) is 4.39 Å². The number of ether oxygens (including phenoxy) is 1. The first kappa shape index (κ1) is 24.5. The molecule has 0 saturated carbocycles. The molecule has 0 radical (unpaired) electrons. The van der Waals surface area contributed by atoms with Crippen LogP contribution in [0.5, 0.6) is 5.75 Å². The van der Waals surface area contributed by atoms with Crippen molar-refractivity contribution < 1.29 is 13.7 Å². The van der Waals surface area contributed by atoms with Crippen LogP contribution in [0.15, 0.2) is 47.0 Å². The topological polar surface area (TPSA) is 35.3 Å². The fourth-order valence-corrected chi connectivity index (χ4v) is 4.66. The van der Waals surface area contributed by atoms with Crippen molar-refractivity contribution in [1.29, 1.82) is 0 Å². The van der Waals surface area contributed by atoms with Gasteiger partial charge < -0.3 is 9.26 Å². The molecule has 32 heavy (non-hydrogen) atoms. The molecule has 0 saturated heterocycles. The number of hydrogen-bond acceptors (Lipinski definition) is 4. The smallest absolute Gasteiger partial charge is 0.167 e. The first-order valence-electron chi connectivity index (χ1n) is 12.1. The van der Waals surface area contributed by atoms with Crippen LogP contribution in [0, 0.1) is 0 Å². The van der Waals surface area contributed by atoms with Gasteiger partial charge in [0.05, 0.1) is 4.88 Å². The van der Waals surface area contributed by atoms with Crippen LogP contribution >= 0.6 is 11.3 Å². The van der Waals surface area contributed by atoms with Gasteiger partial charge in [-0.1, -0.05) is 63.9 Å². The fourth-order valence-electron chi connectivity index (χ4n) is 3.66. The second-order valence-electron chi connectivity index (χ2n) is 8.44. The lowest BCUT2D eigenvalue weighted by atomic mass is 10.1. The Kier molecular flexibility index (Phi) is 10.3. The number of rotatable bonds is 15. The summed E-state index contributed by atoms with van der Waals surface area (Å²) in [5.41, 5.74) is 1.80. The maximum absolute atomic E-state index is 14.1. The number of aromatic nitrogens is 1. The Hall–Kier alpha value is -2.14. The summed E-state index contributed by atoms with van der Waals surface area (Å²) in [5.74, 6) is 1.40. The van der Waals surface area contributed by atoms with Crippen LogP contribution in [0.3, 0.4) is 0 Å².